The Morgan fingerprint density at radius 3 is 2.64 bits per heavy atom. The summed E-state index contributed by atoms with van der Waals surface area (Å²) in [7, 11) is 0. The molecule has 0 aromatic heterocycles. The third-order valence-electron chi connectivity index (χ3n) is 3.38. The Kier molecular flexibility index (Phi) is 5.81. The molecule has 22 heavy (non-hydrogen) atoms. The molecule has 0 radical (unpaired) electrons. The van der Waals surface area contributed by atoms with Gasteiger partial charge in [-0.05, 0) is 44.0 Å². The van der Waals surface area contributed by atoms with Crippen molar-refractivity contribution < 1.29 is 4.74 Å². The predicted octanol–water partition coefficient (Wildman–Crippen LogP) is 5.69. The average molecular weight is 334 g/mol. The molecular formula is C18H20ClNOS. The van der Waals surface area contributed by atoms with Crippen molar-refractivity contribution in [1.82, 2.24) is 0 Å². The Hall–Kier alpha value is -1.58. The molecule has 0 spiro atoms. The van der Waals surface area contributed by atoms with Crippen molar-refractivity contribution in [2.24, 2.45) is 0 Å². The van der Waals surface area contributed by atoms with E-state index >= 15 is 0 Å². The van der Waals surface area contributed by atoms with Gasteiger partial charge in [0.2, 0.25) is 0 Å². The van der Waals surface area contributed by atoms with E-state index in [0.29, 0.717) is 11.6 Å². The normalized spacial score (nSPS) is 10.4. The molecule has 1 N–H and O–H groups in total. The predicted molar refractivity (Wildman–Crippen MR) is 98.2 cm³/mol. The number of halogens is 1. The van der Waals surface area contributed by atoms with Crippen molar-refractivity contribution in [3.05, 3.63) is 58.1 Å². The van der Waals surface area contributed by atoms with Gasteiger partial charge in [-0.1, -0.05) is 54.5 Å². The Morgan fingerprint density at radius 2 is 1.95 bits per heavy atom. The monoisotopic (exact) mass is 333 g/mol. The first kappa shape index (κ1) is 16.8. The van der Waals surface area contributed by atoms with Crippen LogP contribution in [0.15, 0.2) is 36.4 Å². The summed E-state index contributed by atoms with van der Waals surface area (Å²) in [6, 6.07) is 11.9. The molecule has 0 aliphatic carbocycles. The van der Waals surface area contributed by atoms with Crippen LogP contribution in [-0.2, 0) is 6.61 Å². The maximum Gasteiger partial charge on any atom is 0.122 e. The van der Waals surface area contributed by atoms with Gasteiger partial charge in [-0.15, -0.1) is 0 Å². The van der Waals surface area contributed by atoms with Crippen LogP contribution in [0.5, 0.6) is 5.75 Å². The van der Waals surface area contributed by atoms with Crippen molar-refractivity contribution >= 4 is 34.5 Å². The van der Waals surface area contributed by atoms with E-state index in [1.807, 2.05) is 31.2 Å². The molecule has 0 atom stereocenters. The van der Waals surface area contributed by atoms with Gasteiger partial charge in [-0.25, -0.2) is 0 Å². The molecule has 2 nitrogen and oxygen atoms in total. The van der Waals surface area contributed by atoms with Gasteiger partial charge in [0.1, 0.15) is 12.4 Å². The quantitative estimate of drug-likeness (QED) is 0.711. The lowest BCUT2D eigenvalue weighted by atomic mass is 10.1. The standard InChI is InChI=1S/C18H20ClNOS/c1-4-18(22)20-16-10-15(19)7-6-14(16)11-21-17-8-5-12(2)9-13(17)3/h5-10H,4,11H2,1-3H3,(H,20,22). The summed E-state index contributed by atoms with van der Waals surface area (Å²) in [6.45, 7) is 6.61. The van der Waals surface area contributed by atoms with Gasteiger partial charge in [0, 0.05) is 16.3 Å². The highest BCUT2D eigenvalue weighted by atomic mass is 35.5. The summed E-state index contributed by atoms with van der Waals surface area (Å²) < 4.78 is 5.95. The summed E-state index contributed by atoms with van der Waals surface area (Å²) in [5.74, 6) is 0.893. The smallest absolute Gasteiger partial charge is 0.122 e. The van der Waals surface area contributed by atoms with Gasteiger partial charge in [0.05, 0.1) is 4.99 Å². The molecule has 0 saturated carbocycles. The van der Waals surface area contributed by atoms with Crippen LogP contribution in [0.2, 0.25) is 5.02 Å². The molecule has 0 amide bonds. The molecule has 116 valence electrons. The number of benzene rings is 2. The lowest BCUT2D eigenvalue weighted by molar-refractivity contribution is 0.304. The van der Waals surface area contributed by atoms with Crippen LogP contribution in [0.1, 0.15) is 30.0 Å². The third kappa shape index (κ3) is 4.46. The molecular weight excluding hydrogens is 314 g/mol. The molecule has 0 aliphatic heterocycles. The highest BCUT2D eigenvalue weighted by Gasteiger charge is 2.07. The zero-order valence-electron chi connectivity index (χ0n) is 13.1. The number of rotatable bonds is 5. The van der Waals surface area contributed by atoms with Crippen LogP contribution >= 0.6 is 23.8 Å². The van der Waals surface area contributed by atoms with Gasteiger partial charge in [0.15, 0.2) is 0 Å². The van der Waals surface area contributed by atoms with E-state index in [9.17, 15) is 0 Å². The van der Waals surface area contributed by atoms with Crippen LogP contribution in [0.3, 0.4) is 0 Å². The van der Waals surface area contributed by atoms with Gasteiger partial charge < -0.3 is 10.1 Å². The zero-order valence-corrected chi connectivity index (χ0v) is 14.6. The lowest BCUT2D eigenvalue weighted by Gasteiger charge is -2.15. The minimum atomic E-state index is 0.468. The van der Waals surface area contributed by atoms with Crippen molar-refractivity contribution in [3.8, 4) is 5.75 Å². The first-order valence-corrected chi connectivity index (χ1v) is 8.06. The molecule has 0 saturated heterocycles. The molecule has 2 aromatic carbocycles. The van der Waals surface area contributed by atoms with Crippen LogP contribution in [-0.4, -0.2) is 4.99 Å². The first-order chi connectivity index (χ1) is 10.5. The number of hydrogen-bond donors (Lipinski definition) is 1. The number of hydrogen-bond acceptors (Lipinski definition) is 2. The molecule has 0 bridgehead atoms. The first-order valence-electron chi connectivity index (χ1n) is 7.28. The minimum absolute atomic E-state index is 0.468. The average Bonchev–Trinajstić information content (AvgIpc) is 2.48. The minimum Gasteiger partial charge on any atom is -0.489 e. The second-order valence-electron chi connectivity index (χ2n) is 5.26. The summed E-state index contributed by atoms with van der Waals surface area (Å²) in [5, 5.41) is 3.91. The summed E-state index contributed by atoms with van der Waals surface area (Å²) in [5.41, 5.74) is 4.30. The second kappa shape index (κ2) is 7.61. The van der Waals surface area contributed by atoms with Gasteiger partial charge in [-0.2, -0.15) is 0 Å². The fourth-order valence-corrected chi connectivity index (χ4v) is 2.43. The van der Waals surface area contributed by atoms with E-state index in [4.69, 9.17) is 28.6 Å². The molecule has 4 heteroatoms. The van der Waals surface area contributed by atoms with E-state index in [0.717, 1.165) is 34.0 Å². The van der Waals surface area contributed by atoms with Crippen molar-refractivity contribution in [2.75, 3.05) is 5.32 Å². The summed E-state index contributed by atoms with van der Waals surface area (Å²) in [6.07, 6.45) is 0.791. The fourth-order valence-electron chi connectivity index (χ4n) is 2.15. The molecule has 0 aliphatic rings. The molecule has 0 heterocycles. The highest BCUT2D eigenvalue weighted by molar-refractivity contribution is 7.80. The van der Waals surface area contributed by atoms with Gasteiger partial charge in [-0.3, -0.25) is 0 Å². The topological polar surface area (TPSA) is 21.3 Å². The number of aryl methyl sites for hydroxylation is 2. The van der Waals surface area contributed by atoms with Crippen molar-refractivity contribution in [3.63, 3.8) is 0 Å². The van der Waals surface area contributed by atoms with Crippen LogP contribution in [0.25, 0.3) is 0 Å². The SMILES string of the molecule is CCC(=S)Nc1cc(Cl)ccc1COc1ccc(C)cc1C. The second-order valence-corrected chi connectivity index (χ2v) is 6.19. The summed E-state index contributed by atoms with van der Waals surface area (Å²) >= 11 is 11.3. The number of anilines is 1. The Balaban J connectivity index is 2.16. The zero-order chi connectivity index (χ0) is 16.1. The molecule has 0 fully saturated rings. The fraction of sp³-hybridized carbons (Fsp3) is 0.278. The van der Waals surface area contributed by atoms with E-state index < -0.39 is 0 Å². The Labute approximate surface area is 142 Å². The largest absolute Gasteiger partial charge is 0.489 e. The van der Waals surface area contributed by atoms with Crippen LogP contribution < -0.4 is 10.1 Å². The number of ether oxygens (including phenoxy) is 1. The van der Waals surface area contributed by atoms with Gasteiger partial charge in [0.25, 0.3) is 0 Å². The maximum absolute atomic E-state index is 6.08. The van der Waals surface area contributed by atoms with E-state index in [2.05, 4.69) is 31.3 Å². The number of thiocarbonyl (C=S) groups is 1. The molecule has 0 unspecified atom stereocenters. The Morgan fingerprint density at radius 1 is 1.18 bits per heavy atom. The maximum atomic E-state index is 6.08. The molecule has 2 aromatic rings. The van der Waals surface area contributed by atoms with E-state index in [1.54, 1.807) is 0 Å². The highest BCUT2D eigenvalue weighted by Crippen LogP contribution is 2.25. The van der Waals surface area contributed by atoms with Gasteiger partial charge >= 0.3 is 0 Å². The lowest BCUT2D eigenvalue weighted by Crippen LogP contribution is -2.10. The van der Waals surface area contributed by atoms with E-state index in [1.165, 1.54) is 5.56 Å². The van der Waals surface area contributed by atoms with Crippen LogP contribution in [0.4, 0.5) is 5.69 Å². The van der Waals surface area contributed by atoms with E-state index in [-0.39, 0.29) is 0 Å². The van der Waals surface area contributed by atoms with Crippen LogP contribution in [0, 0.1) is 13.8 Å². The third-order valence-corrected chi connectivity index (χ3v) is 4.01. The Bertz CT molecular complexity index is 685. The summed E-state index contributed by atoms with van der Waals surface area (Å²) in [4.78, 5) is 0.787. The van der Waals surface area contributed by atoms with Crippen molar-refractivity contribution in [1.29, 1.82) is 0 Å². The van der Waals surface area contributed by atoms with Crippen molar-refractivity contribution in [2.45, 2.75) is 33.8 Å². The number of nitrogens with one attached hydrogen (secondary N) is 1. The molecule has 2 rings (SSSR count).